The Hall–Kier alpha value is -2.17. The molecule has 3 aromatic carbocycles. The minimum atomic E-state index is -0.218. The number of rotatable bonds is 4. The van der Waals surface area contributed by atoms with E-state index in [2.05, 4.69) is 97.3 Å². The largest absolute Gasteiger partial charge is 0.0909 e. The zero-order valence-electron chi connectivity index (χ0n) is 11.8. The van der Waals surface area contributed by atoms with Crippen LogP contribution in [0.15, 0.2) is 91.0 Å². The smallest absolute Gasteiger partial charge is 0.0863 e. The molecule has 0 aliphatic carbocycles. The van der Waals surface area contributed by atoms with Crippen molar-refractivity contribution in [3.8, 4) is 0 Å². The third-order valence-electron chi connectivity index (χ3n) is 3.81. The van der Waals surface area contributed by atoms with Crippen LogP contribution in [-0.2, 0) is 5.16 Å². The first kappa shape index (κ1) is 13.8. The fourth-order valence-electron chi connectivity index (χ4n) is 2.81. The molecule has 0 radical (unpaired) electrons. The van der Waals surface area contributed by atoms with Crippen LogP contribution in [0.1, 0.15) is 16.7 Å². The van der Waals surface area contributed by atoms with Crippen LogP contribution < -0.4 is 0 Å². The van der Waals surface area contributed by atoms with Gasteiger partial charge in [-0.2, -0.15) is 0 Å². The summed E-state index contributed by atoms with van der Waals surface area (Å²) in [5.41, 5.74) is 3.83. The summed E-state index contributed by atoms with van der Waals surface area (Å²) >= 11 is 0. The molecule has 0 saturated heterocycles. The van der Waals surface area contributed by atoms with E-state index >= 15 is 0 Å². The summed E-state index contributed by atoms with van der Waals surface area (Å²) in [7, 11) is 1.06. The minimum Gasteiger partial charge on any atom is -0.0909 e. The van der Waals surface area contributed by atoms with Crippen molar-refractivity contribution in [1.82, 2.24) is 0 Å². The molecule has 0 nitrogen and oxygen atoms in total. The topological polar surface area (TPSA) is 0 Å². The maximum Gasteiger partial charge on any atom is 0.0863 e. The summed E-state index contributed by atoms with van der Waals surface area (Å²) in [6.45, 7) is 0. The molecule has 0 atom stereocenters. The minimum absolute atomic E-state index is 0.218. The van der Waals surface area contributed by atoms with Gasteiger partial charge in [-0.15, -0.1) is 0 Å². The molecule has 21 heavy (non-hydrogen) atoms. The molecule has 0 amide bonds. The molecule has 102 valence electrons. The molecular formula is C20H17P. The van der Waals surface area contributed by atoms with E-state index in [9.17, 15) is 0 Å². The van der Waals surface area contributed by atoms with Gasteiger partial charge in [-0.25, -0.2) is 0 Å². The third-order valence-corrected chi connectivity index (χ3v) is 5.06. The van der Waals surface area contributed by atoms with E-state index in [1.165, 1.54) is 16.7 Å². The maximum absolute atomic E-state index is 4.26. The maximum atomic E-state index is 4.26. The summed E-state index contributed by atoms with van der Waals surface area (Å²) in [4.78, 5) is 0. The quantitative estimate of drug-likeness (QED) is 0.448. The lowest BCUT2D eigenvalue weighted by atomic mass is 9.84. The molecule has 0 saturated carbocycles. The van der Waals surface area contributed by atoms with Crippen molar-refractivity contribution >= 4 is 14.5 Å². The van der Waals surface area contributed by atoms with E-state index in [-0.39, 0.29) is 5.16 Å². The van der Waals surface area contributed by atoms with Crippen LogP contribution in [-0.4, -0.2) is 6.30 Å². The van der Waals surface area contributed by atoms with Crippen LogP contribution in [0.3, 0.4) is 0 Å². The van der Waals surface area contributed by atoms with Gasteiger partial charge in [0.05, 0.1) is 5.16 Å². The van der Waals surface area contributed by atoms with Crippen molar-refractivity contribution in [3.05, 3.63) is 108 Å². The van der Waals surface area contributed by atoms with E-state index < -0.39 is 0 Å². The van der Waals surface area contributed by atoms with Crippen molar-refractivity contribution in [2.75, 3.05) is 0 Å². The van der Waals surface area contributed by atoms with Gasteiger partial charge in [0.1, 0.15) is 0 Å². The van der Waals surface area contributed by atoms with Crippen LogP contribution in [0.5, 0.6) is 0 Å². The van der Waals surface area contributed by atoms with Crippen molar-refractivity contribution < 1.29 is 0 Å². The molecule has 3 aromatic rings. The van der Waals surface area contributed by atoms with Crippen LogP contribution in [0, 0.1) is 0 Å². The van der Waals surface area contributed by atoms with E-state index in [0.717, 1.165) is 8.20 Å². The highest BCUT2D eigenvalue weighted by Crippen LogP contribution is 2.47. The first-order chi connectivity index (χ1) is 10.4. The zero-order chi connectivity index (χ0) is 14.5. The average Bonchev–Trinajstić information content (AvgIpc) is 2.59. The number of hydrogen-bond acceptors (Lipinski definition) is 0. The van der Waals surface area contributed by atoms with Crippen LogP contribution in [0.25, 0.3) is 0 Å². The molecule has 0 aliphatic rings. The molecule has 0 heterocycles. The summed E-state index contributed by atoms with van der Waals surface area (Å²) in [6.07, 6.45) is 4.26. The summed E-state index contributed by atoms with van der Waals surface area (Å²) in [6, 6.07) is 31.9. The lowest BCUT2D eigenvalue weighted by Crippen LogP contribution is -2.22. The Morgan fingerprint density at radius 2 is 0.810 bits per heavy atom. The second-order valence-corrected chi connectivity index (χ2v) is 5.95. The van der Waals surface area contributed by atoms with Crippen molar-refractivity contribution in [3.63, 3.8) is 0 Å². The predicted molar refractivity (Wildman–Crippen MR) is 93.2 cm³/mol. The third kappa shape index (κ3) is 2.44. The van der Waals surface area contributed by atoms with Gasteiger partial charge in [0.2, 0.25) is 0 Å². The molecule has 0 unspecified atom stereocenters. The second kappa shape index (κ2) is 6.08. The van der Waals surface area contributed by atoms with Gasteiger partial charge in [-0.3, -0.25) is 0 Å². The molecule has 0 bridgehead atoms. The summed E-state index contributed by atoms with van der Waals surface area (Å²) in [5, 5.41) is -0.218. The molecule has 0 fully saturated rings. The fourth-order valence-corrected chi connectivity index (χ4v) is 3.81. The summed E-state index contributed by atoms with van der Waals surface area (Å²) in [5.74, 6) is 0. The summed E-state index contributed by atoms with van der Waals surface area (Å²) < 4.78 is 0. The normalized spacial score (nSPS) is 11.4. The first-order valence-corrected chi connectivity index (χ1v) is 8.10. The lowest BCUT2D eigenvalue weighted by molar-refractivity contribution is 0.895. The van der Waals surface area contributed by atoms with Crippen molar-refractivity contribution in [2.45, 2.75) is 5.16 Å². The van der Waals surface area contributed by atoms with Gasteiger partial charge in [0, 0.05) is 0 Å². The van der Waals surface area contributed by atoms with E-state index in [4.69, 9.17) is 0 Å². The molecule has 3 rings (SSSR count). The van der Waals surface area contributed by atoms with Gasteiger partial charge in [0.25, 0.3) is 0 Å². The number of hydrogen-bond donors (Lipinski definition) is 0. The van der Waals surface area contributed by atoms with E-state index in [1.54, 1.807) is 0 Å². The molecule has 0 spiro atoms. The van der Waals surface area contributed by atoms with Crippen molar-refractivity contribution in [1.29, 1.82) is 0 Å². The number of benzene rings is 3. The zero-order valence-corrected chi connectivity index (χ0v) is 12.7. The van der Waals surface area contributed by atoms with Gasteiger partial charge in [-0.1, -0.05) is 105 Å². The van der Waals surface area contributed by atoms with Crippen LogP contribution >= 0.6 is 8.20 Å². The predicted octanol–water partition coefficient (Wildman–Crippen LogP) is 5.36. The monoisotopic (exact) mass is 288 g/mol. The van der Waals surface area contributed by atoms with Crippen LogP contribution in [0.2, 0.25) is 0 Å². The highest BCUT2D eigenvalue weighted by atomic mass is 31.1. The molecule has 1 heteroatoms. The Morgan fingerprint density at radius 3 is 1.05 bits per heavy atom. The van der Waals surface area contributed by atoms with Gasteiger partial charge >= 0.3 is 0 Å². The van der Waals surface area contributed by atoms with Gasteiger partial charge in [-0.05, 0) is 16.7 Å². The Balaban J connectivity index is 2.31. The molecule has 0 N–H and O–H groups in total. The Morgan fingerprint density at radius 1 is 0.524 bits per heavy atom. The molecule has 0 aliphatic heterocycles. The van der Waals surface area contributed by atoms with E-state index in [0.29, 0.717) is 0 Å². The average molecular weight is 288 g/mol. The fraction of sp³-hybridized carbons (Fsp3) is 0.0500. The highest BCUT2D eigenvalue weighted by Gasteiger charge is 2.33. The second-order valence-electron chi connectivity index (χ2n) is 4.97. The van der Waals surface area contributed by atoms with Gasteiger partial charge in [0.15, 0.2) is 0 Å². The Labute approximate surface area is 127 Å². The standard InChI is InChI=1S/C20H17P/c1-21-20(17-11-5-2-6-12-17,18-13-7-3-8-14-18)19-15-9-4-10-16-19/h2-16H,1H2. The first-order valence-electron chi connectivity index (χ1n) is 7.02. The lowest BCUT2D eigenvalue weighted by Gasteiger charge is -2.32. The van der Waals surface area contributed by atoms with Gasteiger partial charge < -0.3 is 0 Å². The SMILES string of the molecule is C=PC(c1ccccc1)(c1ccccc1)c1ccccc1. The Bertz CT molecular complexity index is 606. The highest BCUT2D eigenvalue weighted by molar-refractivity contribution is 7.38. The molecular weight excluding hydrogens is 271 g/mol. The Kier molecular flexibility index (Phi) is 3.99. The molecule has 0 aromatic heterocycles. The van der Waals surface area contributed by atoms with Crippen LogP contribution in [0.4, 0.5) is 0 Å². The van der Waals surface area contributed by atoms with E-state index in [1.807, 2.05) is 0 Å². The van der Waals surface area contributed by atoms with Crippen molar-refractivity contribution in [2.24, 2.45) is 0 Å².